The molecule has 1 aromatic carbocycles. The SMILES string of the molecule is CCc1nc(-c2ccc(C(C)C)cc2)nc2c1CNC2. The molecule has 0 atom stereocenters. The molecule has 0 bridgehead atoms. The van der Waals surface area contributed by atoms with Crippen molar-refractivity contribution in [3.8, 4) is 11.4 Å². The molecular formula is C17H21N3. The molecule has 2 heterocycles. The van der Waals surface area contributed by atoms with Crippen LogP contribution in [0.3, 0.4) is 0 Å². The van der Waals surface area contributed by atoms with Gasteiger partial charge in [-0.1, -0.05) is 45.0 Å². The van der Waals surface area contributed by atoms with Gasteiger partial charge in [-0.15, -0.1) is 0 Å². The van der Waals surface area contributed by atoms with Gasteiger partial charge in [0.15, 0.2) is 5.82 Å². The van der Waals surface area contributed by atoms with Crippen LogP contribution in [0.4, 0.5) is 0 Å². The summed E-state index contributed by atoms with van der Waals surface area (Å²) in [5.41, 5.74) is 6.11. The second-order valence-electron chi connectivity index (χ2n) is 5.65. The Labute approximate surface area is 120 Å². The number of hydrogen-bond donors (Lipinski definition) is 1. The van der Waals surface area contributed by atoms with Crippen molar-refractivity contribution >= 4 is 0 Å². The van der Waals surface area contributed by atoms with Crippen LogP contribution in [0.25, 0.3) is 11.4 Å². The summed E-state index contributed by atoms with van der Waals surface area (Å²) in [6, 6.07) is 8.64. The first kappa shape index (κ1) is 13.3. The summed E-state index contributed by atoms with van der Waals surface area (Å²) in [5.74, 6) is 1.42. The van der Waals surface area contributed by atoms with Crippen LogP contribution in [0.2, 0.25) is 0 Å². The van der Waals surface area contributed by atoms with Gasteiger partial charge in [0, 0.05) is 29.9 Å². The van der Waals surface area contributed by atoms with E-state index in [1.165, 1.54) is 22.5 Å². The molecule has 0 spiro atoms. The third-order valence-corrected chi connectivity index (χ3v) is 3.94. The van der Waals surface area contributed by atoms with E-state index in [1.54, 1.807) is 0 Å². The van der Waals surface area contributed by atoms with Gasteiger partial charge in [-0.25, -0.2) is 9.97 Å². The van der Waals surface area contributed by atoms with Gasteiger partial charge in [0.25, 0.3) is 0 Å². The van der Waals surface area contributed by atoms with Crippen LogP contribution in [-0.4, -0.2) is 9.97 Å². The molecule has 3 heteroatoms. The van der Waals surface area contributed by atoms with Gasteiger partial charge >= 0.3 is 0 Å². The molecule has 0 radical (unpaired) electrons. The Balaban J connectivity index is 2.02. The highest BCUT2D eigenvalue weighted by atomic mass is 15.0. The van der Waals surface area contributed by atoms with Crippen molar-refractivity contribution in [3.63, 3.8) is 0 Å². The Kier molecular flexibility index (Phi) is 3.53. The van der Waals surface area contributed by atoms with Crippen molar-refractivity contribution in [3.05, 3.63) is 46.8 Å². The second-order valence-corrected chi connectivity index (χ2v) is 5.65. The summed E-state index contributed by atoms with van der Waals surface area (Å²) >= 11 is 0. The fourth-order valence-corrected chi connectivity index (χ4v) is 2.68. The smallest absolute Gasteiger partial charge is 0.159 e. The van der Waals surface area contributed by atoms with Crippen LogP contribution in [0.15, 0.2) is 24.3 Å². The van der Waals surface area contributed by atoms with Crippen LogP contribution < -0.4 is 5.32 Å². The Morgan fingerprint density at radius 1 is 1.10 bits per heavy atom. The summed E-state index contributed by atoms with van der Waals surface area (Å²) in [6.07, 6.45) is 0.962. The lowest BCUT2D eigenvalue weighted by Gasteiger charge is -2.09. The zero-order valence-electron chi connectivity index (χ0n) is 12.4. The Hall–Kier alpha value is -1.74. The van der Waals surface area contributed by atoms with E-state index in [4.69, 9.17) is 9.97 Å². The molecule has 3 rings (SSSR count). The first-order chi connectivity index (χ1) is 9.69. The Bertz CT molecular complexity index is 615. The third kappa shape index (κ3) is 2.34. The number of fused-ring (bicyclic) bond motifs is 1. The van der Waals surface area contributed by atoms with Crippen LogP contribution in [-0.2, 0) is 19.5 Å². The van der Waals surface area contributed by atoms with E-state index in [2.05, 4.69) is 50.4 Å². The lowest BCUT2D eigenvalue weighted by Crippen LogP contribution is -2.02. The van der Waals surface area contributed by atoms with Gasteiger partial charge in [-0.2, -0.15) is 0 Å². The number of aromatic nitrogens is 2. The van der Waals surface area contributed by atoms with Crippen molar-refractivity contribution in [1.29, 1.82) is 0 Å². The summed E-state index contributed by atoms with van der Waals surface area (Å²) in [4.78, 5) is 9.49. The first-order valence-corrected chi connectivity index (χ1v) is 7.38. The molecule has 0 fully saturated rings. The minimum atomic E-state index is 0.556. The molecule has 0 saturated carbocycles. The predicted octanol–water partition coefficient (Wildman–Crippen LogP) is 3.43. The molecule has 1 aliphatic rings. The van der Waals surface area contributed by atoms with Gasteiger partial charge < -0.3 is 5.32 Å². The molecule has 1 N–H and O–H groups in total. The molecule has 104 valence electrons. The molecule has 1 aromatic heterocycles. The van der Waals surface area contributed by atoms with Crippen LogP contribution in [0.5, 0.6) is 0 Å². The zero-order valence-corrected chi connectivity index (χ0v) is 12.4. The molecule has 3 nitrogen and oxygen atoms in total. The van der Waals surface area contributed by atoms with Crippen molar-refractivity contribution in [2.45, 2.75) is 46.2 Å². The molecule has 20 heavy (non-hydrogen) atoms. The second kappa shape index (κ2) is 5.33. The highest BCUT2D eigenvalue weighted by Crippen LogP contribution is 2.24. The highest BCUT2D eigenvalue weighted by Gasteiger charge is 2.18. The fraction of sp³-hybridized carbons (Fsp3) is 0.412. The van der Waals surface area contributed by atoms with E-state index in [0.29, 0.717) is 5.92 Å². The van der Waals surface area contributed by atoms with Gasteiger partial charge in [-0.05, 0) is 17.9 Å². The lowest BCUT2D eigenvalue weighted by molar-refractivity contribution is 0.755. The van der Waals surface area contributed by atoms with E-state index in [-0.39, 0.29) is 0 Å². The standard InChI is InChI=1S/C17H21N3/c1-4-15-14-9-18-10-16(14)20-17(19-15)13-7-5-12(6-8-13)11(2)3/h5-8,11,18H,4,9-10H2,1-3H3. The number of rotatable bonds is 3. The number of hydrogen-bond acceptors (Lipinski definition) is 3. The van der Waals surface area contributed by atoms with E-state index in [0.717, 1.165) is 30.9 Å². The average Bonchev–Trinajstić information content (AvgIpc) is 2.94. The Morgan fingerprint density at radius 2 is 1.85 bits per heavy atom. The maximum atomic E-state index is 4.76. The summed E-state index contributed by atoms with van der Waals surface area (Å²) in [6.45, 7) is 8.35. The third-order valence-electron chi connectivity index (χ3n) is 3.94. The van der Waals surface area contributed by atoms with Crippen molar-refractivity contribution < 1.29 is 0 Å². The minimum Gasteiger partial charge on any atom is -0.307 e. The molecule has 0 unspecified atom stereocenters. The predicted molar refractivity (Wildman–Crippen MR) is 81.5 cm³/mol. The monoisotopic (exact) mass is 267 g/mol. The quantitative estimate of drug-likeness (QED) is 0.925. The maximum Gasteiger partial charge on any atom is 0.159 e. The van der Waals surface area contributed by atoms with E-state index in [9.17, 15) is 0 Å². The average molecular weight is 267 g/mol. The van der Waals surface area contributed by atoms with E-state index < -0.39 is 0 Å². The van der Waals surface area contributed by atoms with Crippen molar-refractivity contribution in [2.75, 3.05) is 0 Å². The minimum absolute atomic E-state index is 0.556. The van der Waals surface area contributed by atoms with Gasteiger partial charge in [-0.3, -0.25) is 0 Å². The van der Waals surface area contributed by atoms with E-state index in [1.807, 2.05) is 0 Å². The van der Waals surface area contributed by atoms with Crippen molar-refractivity contribution in [1.82, 2.24) is 15.3 Å². The lowest BCUT2D eigenvalue weighted by atomic mass is 10.0. The van der Waals surface area contributed by atoms with Crippen LogP contribution in [0.1, 0.15) is 49.2 Å². The number of nitrogens with one attached hydrogen (secondary N) is 1. The van der Waals surface area contributed by atoms with Gasteiger partial charge in [0.1, 0.15) is 0 Å². The summed E-state index contributed by atoms with van der Waals surface area (Å²) in [5, 5.41) is 3.36. The summed E-state index contributed by atoms with van der Waals surface area (Å²) < 4.78 is 0. The largest absolute Gasteiger partial charge is 0.307 e. The Morgan fingerprint density at radius 3 is 2.50 bits per heavy atom. The topological polar surface area (TPSA) is 37.8 Å². The normalized spacial score (nSPS) is 13.8. The van der Waals surface area contributed by atoms with Crippen molar-refractivity contribution in [2.24, 2.45) is 0 Å². The van der Waals surface area contributed by atoms with Crippen LogP contribution in [0, 0.1) is 0 Å². The molecule has 0 amide bonds. The van der Waals surface area contributed by atoms with Gasteiger partial charge in [0.05, 0.1) is 5.69 Å². The highest BCUT2D eigenvalue weighted by molar-refractivity contribution is 5.57. The maximum absolute atomic E-state index is 4.76. The number of benzene rings is 1. The van der Waals surface area contributed by atoms with Gasteiger partial charge in [0.2, 0.25) is 0 Å². The zero-order chi connectivity index (χ0) is 14.1. The molecular weight excluding hydrogens is 246 g/mol. The molecule has 0 saturated heterocycles. The summed E-state index contributed by atoms with van der Waals surface area (Å²) in [7, 11) is 0. The molecule has 1 aliphatic heterocycles. The number of aryl methyl sites for hydroxylation is 1. The van der Waals surface area contributed by atoms with E-state index >= 15 is 0 Å². The molecule has 0 aliphatic carbocycles. The first-order valence-electron chi connectivity index (χ1n) is 7.38. The number of nitrogens with zero attached hydrogens (tertiary/aromatic N) is 2. The fourth-order valence-electron chi connectivity index (χ4n) is 2.68. The van der Waals surface area contributed by atoms with Crippen LogP contribution >= 0.6 is 0 Å². The molecule has 2 aromatic rings.